The zero-order valence-electron chi connectivity index (χ0n) is 48.2. The normalized spacial score (nSPS) is 34.2. The van der Waals surface area contributed by atoms with Crippen LogP contribution in [0.15, 0.2) is 70.1 Å². The number of aryl methyl sites for hydroxylation is 2. The van der Waals surface area contributed by atoms with Gasteiger partial charge in [0.1, 0.15) is 58.6 Å². The number of ether oxygens (including phenoxy) is 1. The van der Waals surface area contributed by atoms with Crippen molar-refractivity contribution >= 4 is 38.6 Å². The van der Waals surface area contributed by atoms with Crippen LogP contribution in [0.5, 0.6) is 17.2 Å². The van der Waals surface area contributed by atoms with Crippen LogP contribution in [0.25, 0.3) is 38.3 Å². The molecule has 1 amide bonds. The molecule has 6 aromatic rings. The SMILES string of the molecule is CCc1c2cc[nH]c2cn1-c1c2c(cc3c(=O)cc(C)oc13)C[C@H]1OO[C@H]([C@@](O)(Cc3ccc(O)c4ccc(O)cc34)[C@@H](O)[C@H](O)[C@H](O)CO)C#CC[C@@H]3CC4(CCCC4)N[C@H]4[C@@H]3C[C@@]35C#CCC6CCC7(CC6)C(=O)NC[C@@H]7[C@H]3C[C@]1(O2)[C@@H]4C5. The van der Waals surface area contributed by atoms with Crippen molar-refractivity contribution in [2.75, 3.05) is 13.2 Å². The van der Waals surface area contributed by atoms with E-state index in [4.69, 9.17) is 18.9 Å². The standard InChI is InChI=1S/C68H76N4O13/c1-3-51-43-17-23-69-50(43)34-72(51)58-60-40(25-45-53(76)24-36(2)82-61(45)58)26-56-68(83-60)32-47-49-33-70-63(80)66(49)21-15-37(16-22-66)8-7-18-64(47)30-46-38(28-65(19-4-5-20-65)71-57(46)48(68)31-64)9-6-10-55(84-85-56)67(81,62(79)59(78)54(77)35-73)29-39-11-14-52(75)42-13-12-41(74)27-44(39)42/h11-14,17,23-25,27,34,37-38,46-49,54-57,59,62,69,71,73-75,77-79,81H,3-5,8-9,15-16,19-22,26,28-33,35H2,1-2H3,(H,70,80)/t37?,38-,46-,47-,48-,49-,54-,55+,56-,57+,59-,62+,64-,66?,67+,68+/m1/s1. The Bertz CT molecular complexity index is 3890. The number of rotatable bonds is 9. The predicted octanol–water partition coefficient (Wildman–Crippen LogP) is 6.97. The second-order valence-electron chi connectivity index (χ2n) is 27.3. The van der Waals surface area contributed by atoms with Gasteiger partial charge in [-0.1, -0.05) is 37.7 Å². The summed E-state index contributed by atoms with van der Waals surface area (Å²) < 4.78 is 17.2. The van der Waals surface area contributed by atoms with Crippen molar-refractivity contribution in [2.24, 2.45) is 46.3 Å². The first-order chi connectivity index (χ1) is 41.0. The van der Waals surface area contributed by atoms with Crippen molar-refractivity contribution in [1.29, 1.82) is 0 Å². The van der Waals surface area contributed by atoms with Crippen molar-refractivity contribution in [1.82, 2.24) is 20.2 Å². The molecule has 14 atom stereocenters. The number of hydrogen-bond acceptors (Lipinski definition) is 14. The average Bonchev–Trinajstić information content (AvgIpc) is 1.40. The maximum atomic E-state index is 14.8. The van der Waals surface area contributed by atoms with Crippen molar-refractivity contribution in [3.8, 4) is 46.6 Å². The van der Waals surface area contributed by atoms with Gasteiger partial charge in [-0.25, -0.2) is 9.78 Å². The molecule has 3 aromatic carbocycles. The number of nitrogens with zero attached hydrogens (tertiary/aromatic N) is 1. The number of H-pyrrole nitrogens is 1. The average molecular weight is 1160 g/mol. The highest BCUT2D eigenvalue weighted by molar-refractivity contribution is 5.93. The minimum atomic E-state index is -2.65. The number of carbonyl (C=O) groups is 1. The summed E-state index contributed by atoms with van der Waals surface area (Å²) in [5.74, 6) is 15.3. The van der Waals surface area contributed by atoms with E-state index in [0.717, 1.165) is 87.2 Å². The van der Waals surface area contributed by atoms with Crippen molar-refractivity contribution in [3.63, 3.8) is 0 Å². The van der Waals surface area contributed by atoms with Crippen LogP contribution in [0, 0.1) is 76.9 Å². The number of amides is 1. The second-order valence-corrected chi connectivity index (χ2v) is 27.3. The molecular formula is C68H76N4O13. The minimum Gasteiger partial charge on any atom is -0.508 e. The molecule has 6 fully saturated rings. The third-order valence-corrected chi connectivity index (χ3v) is 23.0. The number of carbonyl (C=O) groups excluding carboxylic acids is 1. The Morgan fingerprint density at radius 3 is 2.49 bits per heavy atom. The van der Waals surface area contributed by atoms with Gasteiger partial charge in [-0.2, -0.15) is 0 Å². The number of aromatic amines is 1. The highest BCUT2D eigenvalue weighted by Gasteiger charge is 2.72. The summed E-state index contributed by atoms with van der Waals surface area (Å²) in [6.45, 7) is 3.43. The molecule has 7 bridgehead atoms. The monoisotopic (exact) mass is 1160 g/mol. The van der Waals surface area contributed by atoms with Gasteiger partial charge in [0.05, 0.1) is 22.9 Å². The van der Waals surface area contributed by atoms with E-state index < -0.39 is 65.6 Å². The minimum absolute atomic E-state index is 0.00501. The molecule has 4 spiro atoms. The summed E-state index contributed by atoms with van der Waals surface area (Å²) in [7, 11) is 0. The van der Waals surface area contributed by atoms with Crippen LogP contribution in [0.2, 0.25) is 0 Å². The van der Waals surface area contributed by atoms with E-state index >= 15 is 0 Å². The number of benzene rings is 3. The summed E-state index contributed by atoms with van der Waals surface area (Å²) in [6, 6.07) is 12.6. The molecule has 446 valence electrons. The van der Waals surface area contributed by atoms with Gasteiger partial charge in [-0.05, 0) is 154 Å². The lowest BCUT2D eigenvalue weighted by atomic mass is 9.41. The Balaban J connectivity index is 0.984. The Labute approximate surface area is 492 Å². The first-order valence-electron chi connectivity index (χ1n) is 31.1. The highest BCUT2D eigenvalue weighted by atomic mass is 17.2. The lowest BCUT2D eigenvalue weighted by Gasteiger charge is -2.67. The van der Waals surface area contributed by atoms with Crippen molar-refractivity contribution in [3.05, 3.63) is 93.7 Å². The molecule has 2 saturated heterocycles. The topological polar surface area (TPSA) is 261 Å². The molecule has 16 rings (SSSR count). The fourth-order valence-electron chi connectivity index (χ4n) is 18.9. The number of fused-ring (bicyclic) bond motifs is 7. The third kappa shape index (κ3) is 8.35. The van der Waals surface area contributed by atoms with Crippen LogP contribution in [-0.4, -0.2) is 118 Å². The molecule has 85 heavy (non-hydrogen) atoms. The van der Waals surface area contributed by atoms with E-state index in [9.17, 15) is 45.3 Å². The highest BCUT2D eigenvalue weighted by Crippen LogP contribution is 2.69. The maximum Gasteiger partial charge on any atom is 0.226 e. The summed E-state index contributed by atoms with van der Waals surface area (Å²) in [6.07, 6.45) is 6.27. The van der Waals surface area contributed by atoms with E-state index in [1.807, 2.05) is 18.5 Å². The molecule has 4 aliphatic heterocycles. The molecule has 10 aliphatic rings. The molecule has 3 aromatic heterocycles. The van der Waals surface area contributed by atoms with E-state index in [1.54, 1.807) is 13.0 Å². The molecule has 10 N–H and O–H groups in total. The Morgan fingerprint density at radius 1 is 0.871 bits per heavy atom. The summed E-state index contributed by atoms with van der Waals surface area (Å²) >= 11 is 0. The van der Waals surface area contributed by atoms with E-state index in [1.165, 1.54) is 30.3 Å². The van der Waals surface area contributed by atoms with Gasteiger partial charge >= 0.3 is 0 Å². The number of hydrogen-bond donors (Lipinski definition) is 10. The number of phenols is 2. The molecule has 6 aliphatic carbocycles. The number of aliphatic hydroxyl groups is 5. The number of aromatic hydroxyl groups is 2. The first kappa shape index (κ1) is 55.2. The Kier molecular flexibility index (Phi) is 13.0. The molecule has 7 heterocycles. The fourth-order valence-corrected chi connectivity index (χ4v) is 18.9. The molecular weight excluding hydrogens is 1080 g/mol. The van der Waals surface area contributed by atoms with Gasteiger partial charge in [0.25, 0.3) is 0 Å². The molecule has 17 nitrogen and oxygen atoms in total. The molecule has 0 unspecified atom stereocenters. The summed E-state index contributed by atoms with van der Waals surface area (Å²) in [5, 5.41) is 91.0. The lowest BCUT2D eigenvalue weighted by Crippen LogP contribution is -2.75. The second kappa shape index (κ2) is 20.1. The largest absolute Gasteiger partial charge is 0.508 e. The van der Waals surface area contributed by atoms with Gasteiger partial charge in [-0.15, -0.1) is 11.8 Å². The number of nitrogens with one attached hydrogen (secondary N) is 3. The van der Waals surface area contributed by atoms with Gasteiger partial charge in [0, 0.05) is 95.6 Å². The number of aromatic nitrogens is 2. The van der Waals surface area contributed by atoms with Crippen LogP contribution >= 0.6 is 0 Å². The Hall–Kier alpha value is -6.38. The lowest BCUT2D eigenvalue weighted by molar-refractivity contribution is -0.399. The zero-order chi connectivity index (χ0) is 58.5. The van der Waals surface area contributed by atoms with E-state index in [2.05, 4.69) is 56.9 Å². The number of aliphatic hydroxyl groups excluding tert-OH is 4. The quantitative estimate of drug-likeness (QED) is 0.0518. The van der Waals surface area contributed by atoms with Gasteiger partial charge in [-0.3, -0.25) is 9.59 Å². The Morgan fingerprint density at radius 2 is 1.69 bits per heavy atom. The first-order valence-corrected chi connectivity index (χ1v) is 31.1. The summed E-state index contributed by atoms with van der Waals surface area (Å²) in [4.78, 5) is 46.8. The predicted molar refractivity (Wildman–Crippen MR) is 314 cm³/mol. The van der Waals surface area contributed by atoms with Crippen LogP contribution in [0.4, 0.5) is 0 Å². The molecule has 4 saturated carbocycles. The third-order valence-electron chi connectivity index (χ3n) is 23.0. The van der Waals surface area contributed by atoms with Crippen LogP contribution in [0.3, 0.4) is 0 Å². The van der Waals surface area contributed by atoms with Crippen molar-refractivity contribution in [2.45, 2.75) is 176 Å². The van der Waals surface area contributed by atoms with Gasteiger partial charge < -0.3 is 65.1 Å². The van der Waals surface area contributed by atoms with Crippen LogP contribution in [0.1, 0.15) is 119 Å². The molecule has 0 radical (unpaired) electrons. The molecule has 17 heteroatoms. The van der Waals surface area contributed by atoms with Crippen LogP contribution < -0.4 is 20.8 Å². The number of phenolic OH excluding ortho intramolecular Hbond substituents is 2. The number of piperidine rings is 1. The smallest absolute Gasteiger partial charge is 0.226 e. The summed E-state index contributed by atoms with van der Waals surface area (Å²) in [5.41, 5.74) is -1.76. The van der Waals surface area contributed by atoms with Gasteiger partial charge in [0.15, 0.2) is 22.9 Å². The zero-order valence-corrected chi connectivity index (χ0v) is 48.2. The van der Waals surface area contributed by atoms with E-state index in [-0.39, 0.29) is 70.4 Å². The van der Waals surface area contributed by atoms with Gasteiger partial charge in [0.2, 0.25) is 5.91 Å². The fraction of sp³-hybridized carbons (Fsp3) is 0.559. The maximum absolute atomic E-state index is 14.8. The van der Waals surface area contributed by atoms with E-state index in [0.29, 0.717) is 88.2 Å². The van der Waals surface area contributed by atoms with Crippen molar-refractivity contribution < 1.29 is 59.5 Å². The van der Waals surface area contributed by atoms with Crippen LogP contribution in [-0.2, 0) is 33.8 Å².